The van der Waals surface area contributed by atoms with Gasteiger partial charge in [0.05, 0.1) is 5.01 Å². The minimum Gasteiger partial charge on any atom is -0.356 e. The van der Waals surface area contributed by atoms with Crippen molar-refractivity contribution in [1.29, 1.82) is 0 Å². The Hall–Kier alpha value is -1.40. The van der Waals surface area contributed by atoms with Gasteiger partial charge in [0.15, 0.2) is 5.96 Å². The van der Waals surface area contributed by atoms with Crippen LogP contribution in [0.3, 0.4) is 0 Å². The van der Waals surface area contributed by atoms with Gasteiger partial charge in [0, 0.05) is 47.5 Å². The highest BCUT2D eigenvalue weighted by Crippen LogP contribution is 2.23. The number of hydrogen-bond acceptors (Lipinski definition) is 3. The van der Waals surface area contributed by atoms with E-state index < -0.39 is 0 Å². The van der Waals surface area contributed by atoms with Crippen LogP contribution < -0.4 is 10.6 Å². The van der Waals surface area contributed by atoms with Crippen LogP contribution in [-0.2, 0) is 11.8 Å². The van der Waals surface area contributed by atoms with Crippen molar-refractivity contribution >= 4 is 33.2 Å². The van der Waals surface area contributed by atoms with Crippen LogP contribution in [0.25, 0.3) is 0 Å². The van der Waals surface area contributed by atoms with Crippen LogP contribution >= 0.6 is 27.3 Å². The van der Waals surface area contributed by atoms with E-state index in [9.17, 15) is 0 Å². The van der Waals surface area contributed by atoms with E-state index in [0.29, 0.717) is 0 Å². The summed E-state index contributed by atoms with van der Waals surface area (Å²) in [7, 11) is 1.80. The van der Waals surface area contributed by atoms with Crippen LogP contribution in [0.2, 0.25) is 0 Å². The summed E-state index contributed by atoms with van der Waals surface area (Å²) in [5, 5.41) is 7.94. The largest absolute Gasteiger partial charge is 0.356 e. The first-order valence-electron chi connectivity index (χ1n) is 8.02. The number of guanidine groups is 1. The van der Waals surface area contributed by atoms with Gasteiger partial charge in [0.1, 0.15) is 0 Å². The molecule has 0 aliphatic heterocycles. The molecule has 2 rings (SSSR count). The summed E-state index contributed by atoms with van der Waals surface area (Å²) in [6, 6.07) is 8.49. The van der Waals surface area contributed by atoms with Gasteiger partial charge in [-0.2, -0.15) is 0 Å². The Bertz CT molecular complexity index is 677. The van der Waals surface area contributed by atoms with Crippen molar-refractivity contribution in [2.45, 2.75) is 32.6 Å². The Morgan fingerprint density at radius 3 is 2.54 bits per heavy atom. The lowest BCUT2D eigenvalue weighted by Gasteiger charge is -2.27. The van der Waals surface area contributed by atoms with E-state index in [4.69, 9.17) is 0 Å². The van der Waals surface area contributed by atoms with Gasteiger partial charge in [0.25, 0.3) is 0 Å². The summed E-state index contributed by atoms with van der Waals surface area (Å²) >= 11 is 5.23. The number of benzene rings is 1. The second-order valence-corrected chi connectivity index (χ2v) is 8.59. The van der Waals surface area contributed by atoms with E-state index in [2.05, 4.69) is 81.6 Å². The Morgan fingerprint density at radius 2 is 1.96 bits per heavy atom. The maximum absolute atomic E-state index is 4.38. The Labute approximate surface area is 156 Å². The molecular formula is C18H25BrN4S. The van der Waals surface area contributed by atoms with Gasteiger partial charge < -0.3 is 10.6 Å². The predicted octanol–water partition coefficient (Wildman–Crippen LogP) is 3.90. The molecule has 2 N–H and O–H groups in total. The number of nitrogens with zero attached hydrogens (tertiary/aromatic N) is 2. The minimum atomic E-state index is 0.0186. The van der Waals surface area contributed by atoms with Gasteiger partial charge in [-0.05, 0) is 24.6 Å². The molecule has 4 nitrogen and oxygen atoms in total. The number of aryl methyl sites for hydroxylation is 1. The molecule has 6 heteroatoms. The molecule has 0 spiro atoms. The van der Waals surface area contributed by atoms with Crippen molar-refractivity contribution in [3.05, 3.63) is 50.4 Å². The molecule has 0 atom stereocenters. The van der Waals surface area contributed by atoms with E-state index in [-0.39, 0.29) is 5.41 Å². The standard InChI is InChI=1S/C18H25BrN4S/c1-13-11-22-16(24-13)9-10-21-17(20-4)23-12-18(2,3)14-5-7-15(19)8-6-14/h5-8,11H,9-10,12H2,1-4H3,(H2,20,21,23). The fourth-order valence-electron chi connectivity index (χ4n) is 2.33. The summed E-state index contributed by atoms with van der Waals surface area (Å²) in [6.45, 7) is 8.18. The van der Waals surface area contributed by atoms with Crippen LogP contribution in [0.4, 0.5) is 0 Å². The van der Waals surface area contributed by atoms with Crippen molar-refractivity contribution in [1.82, 2.24) is 15.6 Å². The quantitative estimate of drug-likeness (QED) is 0.562. The van der Waals surface area contributed by atoms with Gasteiger partial charge >= 0.3 is 0 Å². The van der Waals surface area contributed by atoms with Gasteiger partial charge in [-0.15, -0.1) is 11.3 Å². The highest BCUT2D eigenvalue weighted by atomic mass is 79.9. The normalized spacial score (nSPS) is 12.3. The first-order chi connectivity index (χ1) is 11.4. The lowest BCUT2D eigenvalue weighted by molar-refractivity contribution is 0.508. The number of aromatic nitrogens is 1. The number of rotatable bonds is 6. The van der Waals surface area contributed by atoms with Crippen LogP contribution in [0, 0.1) is 6.92 Å². The third kappa shape index (κ3) is 5.60. The monoisotopic (exact) mass is 408 g/mol. The molecule has 0 aliphatic carbocycles. The minimum absolute atomic E-state index is 0.0186. The van der Waals surface area contributed by atoms with E-state index in [1.165, 1.54) is 10.4 Å². The molecule has 0 radical (unpaired) electrons. The molecule has 0 unspecified atom stereocenters. The van der Waals surface area contributed by atoms with Gasteiger partial charge in [-0.25, -0.2) is 4.98 Å². The van der Waals surface area contributed by atoms with Gasteiger partial charge in [0.2, 0.25) is 0 Å². The zero-order chi connectivity index (χ0) is 17.6. The van der Waals surface area contributed by atoms with Crippen LogP contribution in [0.1, 0.15) is 29.3 Å². The Morgan fingerprint density at radius 1 is 1.25 bits per heavy atom. The first-order valence-corrected chi connectivity index (χ1v) is 9.63. The van der Waals surface area contributed by atoms with Crippen molar-refractivity contribution in [2.24, 2.45) is 4.99 Å². The summed E-state index contributed by atoms with van der Waals surface area (Å²) in [5.74, 6) is 0.827. The molecule has 1 aromatic carbocycles. The van der Waals surface area contributed by atoms with Gasteiger partial charge in [-0.3, -0.25) is 4.99 Å². The molecule has 0 bridgehead atoms. The number of hydrogen-bond donors (Lipinski definition) is 2. The average Bonchev–Trinajstić information content (AvgIpc) is 2.96. The lowest BCUT2D eigenvalue weighted by Crippen LogP contribution is -2.44. The predicted molar refractivity (Wildman–Crippen MR) is 107 cm³/mol. The molecule has 0 saturated carbocycles. The maximum Gasteiger partial charge on any atom is 0.191 e. The highest BCUT2D eigenvalue weighted by Gasteiger charge is 2.20. The molecule has 0 aliphatic rings. The fraction of sp³-hybridized carbons (Fsp3) is 0.444. The number of aliphatic imine (C=N–C) groups is 1. The third-order valence-corrected chi connectivity index (χ3v) is 5.35. The number of halogens is 1. The molecule has 0 saturated heterocycles. The van der Waals surface area contributed by atoms with Crippen LogP contribution in [0.5, 0.6) is 0 Å². The number of thiazole rings is 1. The van der Waals surface area contributed by atoms with Crippen LogP contribution in [0.15, 0.2) is 39.9 Å². The highest BCUT2D eigenvalue weighted by molar-refractivity contribution is 9.10. The molecule has 0 amide bonds. The molecule has 1 aromatic heterocycles. The van der Waals surface area contributed by atoms with Crippen molar-refractivity contribution in [2.75, 3.05) is 20.1 Å². The first kappa shape index (κ1) is 18.9. The van der Waals surface area contributed by atoms with E-state index >= 15 is 0 Å². The molecular weight excluding hydrogens is 384 g/mol. The Balaban J connectivity index is 1.82. The molecule has 130 valence electrons. The third-order valence-electron chi connectivity index (χ3n) is 3.85. The van der Waals surface area contributed by atoms with E-state index in [1.807, 2.05) is 6.20 Å². The lowest BCUT2D eigenvalue weighted by atomic mass is 9.85. The zero-order valence-corrected chi connectivity index (χ0v) is 17.1. The molecule has 0 fully saturated rings. The smallest absolute Gasteiger partial charge is 0.191 e. The molecule has 1 heterocycles. The average molecular weight is 409 g/mol. The second-order valence-electron chi connectivity index (χ2n) is 6.36. The summed E-state index contributed by atoms with van der Waals surface area (Å²) in [5.41, 5.74) is 1.32. The van der Waals surface area contributed by atoms with E-state index in [1.54, 1.807) is 18.4 Å². The maximum atomic E-state index is 4.38. The fourth-order valence-corrected chi connectivity index (χ4v) is 3.38. The zero-order valence-electron chi connectivity index (χ0n) is 14.7. The van der Waals surface area contributed by atoms with E-state index in [0.717, 1.165) is 35.0 Å². The van der Waals surface area contributed by atoms with Crippen molar-refractivity contribution in [3.8, 4) is 0 Å². The second kappa shape index (κ2) is 8.62. The summed E-state index contributed by atoms with van der Waals surface area (Å²) in [6.07, 6.45) is 2.84. The van der Waals surface area contributed by atoms with Crippen molar-refractivity contribution < 1.29 is 0 Å². The Kier molecular flexibility index (Phi) is 6.80. The van der Waals surface area contributed by atoms with Crippen molar-refractivity contribution in [3.63, 3.8) is 0 Å². The summed E-state index contributed by atoms with van der Waals surface area (Å²) < 4.78 is 1.10. The molecule has 2 aromatic rings. The number of nitrogens with one attached hydrogen (secondary N) is 2. The topological polar surface area (TPSA) is 49.3 Å². The van der Waals surface area contributed by atoms with Gasteiger partial charge in [-0.1, -0.05) is 41.9 Å². The van der Waals surface area contributed by atoms with Crippen LogP contribution in [-0.4, -0.2) is 31.1 Å². The summed E-state index contributed by atoms with van der Waals surface area (Å²) in [4.78, 5) is 9.94. The SMILES string of the molecule is CN=C(NCCc1ncc(C)s1)NCC(C)(C)c1ccc(Br)cc1. The molecule has 24 heavy (non-hydrogen) atoms.